The first-order valence-corrected chi connectivity index (χ1v) is 3.82. The monoisotopic (exact) mass is 186 g/mol. The van der Waals surface area contributed by atoms with Gasteiger partial charge in [-0.05, 0) is 13.8 Å². The van der Waals surface area contributed by atoms with Crippen molar-refractivity contribution in [3.05, 3.63) is 35.4 Å². The molecule has 3 heteroatoms. The highest BCUT2D eigenvalue weighted by Gasteiger charge is 1.80. The van der Waals surface area contributed by atoms with Crippen molar-refractivity contribution in [3.63, 3.8) is 0 Å². The Labute approximate surface area is 76.8 Å². The second-order valence-electron chi connectivity index (χ2n) is 2.41. The van der Waals surface area contributed by atoms with Crippen molar-refractivity contribution in [1.82, 2.24) is 0 Å². The fourth-order valence-electron chi connectivity index (χ4n) is 0.807. The van der Waals surface area contributed by atoms with Gasteiger partial charge in [0, 0.05) is 11.6 Å². The summed E-state index contributed by atoms with van der Waals surface area (Å²) in [6, 6.07) is 8.45. The molecule has 0 fully saturated rings. The first kappa shape index (κ1) is 11.0. The largest absolute Gasteiger partial charge is 0.469 e. The zero-order chi connectivity index (χ0) is 9.56. The first-order valence-electron chi connectivity index (χ1n) is 3.44. The molecule has 0 aromatic heterocycles. The molecule has 1 N–H and O–H groups in total. The molecule has 2 nitrogen and oxygen atoms in total. The molecule has 1 rings (SSSR count). The first-order chi connectivity index (χ1) is 5.52. The molecule has 0 radical (unpaired) electrons. The van der Waals surface area contributed by atoms with Gasteiger partial charge in [-0.2, -0.15) is 0 Å². The Morgan fingerprint density at radius 1 is 1.33 bits per heavy atom. The molecule has 0 bridgehead atoms. The molecular weight excluding hydrogens is 176 g/mol. The van der Waals surface area contributed by atoms with Crippen LogP contribution in [0.3, 0.4) is 0 Å². The minimum Gasteiger partial charge on any atom is -0.469 e. The zero-order valence-electron chi connectivity index (χ0n) is 7.04. The van der Waals surface area contributed by atoms with Crippen LogP contribution in [0.4, 0.5) is 4.79 Å². The Bertz CT molecular complexity index is 237. The molecule has 1 aromatic rings. The molecule has 0 heterocycles. The topological polar surface area (TPSA) is 37.3 Å². The molecule has 1 aromatic carbocycles. The summed E-state index contributed by atoms with van der Waals surface area (Å²) in [4.78, 5) is 8.77. The van der Waals surface area contributed by atoms with Crippen LogP contribution in [0.2, 0.25) is 0 Å². The van der Waals surface area contributed by atoms with E-state index in [1.807, 2.05) is 0 Å². The van der Waals surface area contributed by atoms with Gasteiger partial charge in [0.05, 0.1) is 0 Å². The fourth-order valence-corrected chi connectivity index (χ4v) is 0.807. The Morgan fingerprint density at radius 3 is 1.83 bits per heavy atom. The van der Waals surface area contributed by atoms with E-state index in [4.69, 9.17) is 9.90 Å². The third-order valence-corrected chi connectivity index (χ3v) is 1.17. The standard InChI is InChI=1S/C8H10.CHClO2/c1-7-4-3-5-8(2)6-7;2-1(3)4/h3-6H,1-2H3;(H,3,4). The molecule has 0 unspecified atom stereocenters. The van der Waals surface area contributed by atoms with Crippen LogP contribution < -0.4 is 0 Å². The molecule has 0 aliphatic heterocycles. The van der Waals surface area contributed by atoms with Crippen molar-refractivity contribution < 1.29 is 9.90 Å². The Kier molecular flexibility index (Phi) is 5.13. The molecule has 66 valence electrons. The summed E-state index contributed by atoms with van der Waals surface area (Å²) in [5.74, 6) is 0. The highest BCUT2D eigenvalue weighted by molar-refractivity contribution is 6.60. The molecule has 0 amide bonds. The summed E-state index contributed by atoms with van der Waals surface area (Å²) < 4.78 is 0. The SMILES string of the molecule is Cc1cccc(C)c1.O=C(O)Cl. The van der Waals surface area contributed by atoms with Crippen molar-refractivity contribution >= 4 is 17.0 Å². The van der Waals surface area contributed by atoms with E-state index in [0.717, 1.165) is 0 Å². The normalized spacial score (nSPS) is 8.25. The van der Waals surface area contributed by atoms with Crippen LogP contribution in [0.1, 0.15) is 11.1 Å². The summed E-state index contributed by atoms with van der Waals surface area (Å²) in [5.41, 5.74) is 1.31. The maximum absolute atomic E-state index is 8.77. The van der Waals surface area contributed by atoms with E-state index < -0.39 is 5.43 Å². The molecule has 0 saturated heterocycles. The number of rotatable bonds is 0. The van der Waals surface area contributed by atoms with E-state index in [0.29, 0.717) is 0 Å². The number of halogens is 1. The summed E-state index contributed by atoms with van der Waals surface area (Å²) >= 11 is 4.19. The summed E-state index contributed by atoms with van der Waals surface area (Å²) in [5, 5.41) is 7.18. The summed E-state index contributed by atoms with van der Waals surface area (Å²) in [6.07, 6.45) is 0. The van der Waals surface area contributed by atoms with Crippen molar-refractivity contribution in [3.8, 4) is 0 Å². The van der Waals surface area contributed by atoms with E-state index in [-0.39, 0.29) is 0 Å². The van der Waals surface area contributed by atoms with Crippen LogP contribution in [0.25, 0.3) is 0 Å². The second kappa shape index (κ2) is 5.61. The highest BCUT2D eigenvalue weighted by atomic mass is 35.5. The maximum atomic E-state index is 8.77. The smallest absolute Gasteiger partial charge is 0.401 e. The summed E-state index contributed by atoms with van der Waals surface area (Å²) in [7, 11) is 0. The van der Waals surface area contributed by atoms with E-state index >= 15 is 0 Å². The number of hydrogen-bond acceptors (Lipinski definition) is 1. The van der Waals surface area contributed by atoms with Crippen LogP contribution >= 0.6 is 11.6 Å². The van der Waals surface area contributed by atoms with Gasteiger partial charge in [-0.25, -0.2) is 4.79 Å². The van der Waals surface area contributed by atoms with Gasteiger partial charge >= 0.3 is 5.43 Å². The van der Waals surface area contributed by atoms with E-state index in [2.05, 4.69) is 49.7 Å². The number of aryl methyl sites for hydroxylation is 2. The Morgan fingerprint density at radius 2 is 1.67 bits per heavy atom. The van der Waals surface area contributed by atoms with Crippen LogP contribution in [0.5, 0.6) is 0 Å². The molecule has 0 atom stereocenters. The van der Waals surface area contributed by atoms with Crippen LogP contribution in [0, 0.1) is 13.8 Å². The molecule has 12 heavy (non-hydrogen) atoms. The fraction of sp³-hybridized carbons (Fsp3) is 0.222. The number of benzene rings is 1. The van der Waals surface area contributed by atoms with Crippen molar-refractivity contribution in [2.24, 2.45) is 0 Å². The van der Waals surface area contributed by atoms with E-state index in [1.54, 1.807) is 0 Å². The minimum atomic E-state index is -1.36. The van der Waals surface area contributed by atoms with Crippen molar-refractivity contribution in [2.45, 2.75) is 13.8 Å². The second-order valence-corrected chi connectivity index (χ2v) is 2.73. The predicted molar refractivity (Wildman–Crippen MR) is 49.8 cm³/mol. The highest BCUT2D eigenvalue weighted by Crippen LogP contribution is 2.00. The maximum Gasteiger partial charge on any atom is 0.401 e. The lowest BCUT2D eigenvalue weighted by molar-refractivity contribution is 0.220. The van der Waals surface area contributed by atoms with Crippen LogP contribution in [-0.4, -0.2) is 10.5 Å². The van der Waals surface area contributed by atoms with Gasteiger partial charge in [-0.15, -0.1) is 0 Å². The third kappa shape index (κ3) is 7.09. The lowest BCUT2D eigenvalue weighted by Gasteiger charge is -1.90. The number of hydrogen-bond donors (Lipinski definition) is 1. The number of carboxylic acid groups (broad SMARTS) is 1. The lowest BCUT2D eigenvalue weighted by atomic mass is 10.2. The zero-order valence-corrected chi connectivity index (χ0v) is 7.80. The molecule has 0 spiro atoms. The molecule has 0 saturated carbocycles. The molecule has 0 aliphatic rings. The van der Waals surface area contributed by atoms with Gasteiger partial charge in [-0.1, -0.05) is 35.4 Å². The van der Waals surface area contributed by atoms with Gasteiger partial charge in [-0.3, -0.25) is 0 Å². The average molecular weight is 187 g/mol. The number of carbonyl (C=O) groups is 1. The van der Waals surface area contributed by atoms with E-state index in [9.17, 15) is 0 Å². The van der Waals surface area contributed by atoms with Crippen molar-refractivity contribution in [1.29, 1.82) is 0 Å². The van der Waals surface area contributed by atoms with Crippen LogP contribution in [0.15, 0.2) is 24.3 Å². The van der Waals surface area contributed by atoms with Gasteiger partial charge in [0.1, 0.15) is 0 Å². The van der Waals surface area contributed by atoms with Crippen LogP contribution in [-0.2, 0) is 0 Å². The van der Waals surface area contributed by atoms with Gasteiger partial charge < -0.3 is 5.11 Å². The lowest BCUT2D eigenvalue weighted by Crippen LogP contribution is -1.71. The predicted octanol–water partition coefficient (Wildman–Crippen LogP) is 3.21. The Hall–Kier alpha value is -1.02. The Balaban J connectivity index is 0.000000261. The summed E-state index contributed by atoms with van der Waals surface area (Å²) in [6.45, 7) is 4.21. The average Bonchev–Trinajstić information content (AvgIpc) is 1.84. The quantitative estimate of drug-likeness (QED) is 0.632. The van der Waals surface area contributed by atoms with E-state index in [1.165, 1.54) is 11.1 Å². The van der Waals surface area contributed by atoms with Gasteiger partial charge in [0.2, 0.25) is 0 Å². The molecule has 0 aliphatic carbocycles. The van der Waals surface area contributed by atoms with Gasteiger partial charge in [0.25, 0.3) is 0 Å². The van der Waals surface area contributed by atoms with Crippen molar-refractivity contribution in [2.75, 3.05) is 0 Å². The minimum absolute atomic E-state index is 1.34. The molecular formula is C9H11ClO2. The van der Waals surface area contributed by atoms with Gasteiger partial charge in [0.15, 0.2) is 0 Å². The third-order valence-electron chi connectivity index (χ3n) is 1.17.